The number of carbonyl (C=O) groups excluding carboxylic acids is 1. The molecule has 1 fully saturated rings. The number of hydrogen-bond donors (Lipinski definition) is 2. The van der Waals surface area contributed by atoms with Crippen LogP contribution in [0.2, 0.25) is 0 Å². The molecule has 0 unspecified atom stereocenters. The Balaban J connectivity index is 1.89. The van der Waals surface area contributed by atoms with Crippen molar-refractivity contribution in [2.24, 2.45) is 0 Å². The molecule has 2 rings (SSSR count). The SMILES string of the molecule is CCc1ncc(NC(=O)CC2(O)CCCCC2)cn1. The summed E-state index contributed by atoms with van der Waals surface area (Å²) in [6.07, 6.45) is 8.71. The number of carbonyl (C=O) groups is 1. The highest BCUT2D eigenvalue weighted by Gasteiger charge is 2.31. The predicted octanol–water partition coefficient (Wildman–Crippen LogP) is 2.06. The van der Waals surface area contributed by atoms with Gasteiger partial charge in [-0.25, -0.2) is 9.97 Å². The van der Waals surface area contributed by atoms with Crippen molar-refractivity contribution in [2.45, 2.75) is 57.5 Å². The van der Waals surface area contributed by atoms with E-state index >= 15 is 0 Å². The van der Waals surface area contributed by atoms with E-state index in [-0.39, 0.29) is 12.3 Å². The van der Waals surface area contributed by atoms with Crippen LogP contribution in [0.1, 0.15) is 51.3 Å². The first kappa shape index (κ1) is 13.9. The average molecular weight is 263 g/mol. The van der Waals surface area contributed by atoms with Gasteiger partial charge < -0.3 is 10.4 Å². The largest absolute Gasteiger partial charge is 0.389 e. The molecule has 1 heterocycles. The Labute approximate surface area is 113 Å². The van der Waals surface area contributed by atoms with Gasteiger partial charge in [0.1, 0.15) is 5.82 Å². The van der Waals surface area contributed by atoms with Gasteiger partial charge in [-0.05, 0) is 12.8 Å². The molecule has 0 aromatic carbocycles. The van der Waals surface area contributed by atoms with E-state index in [0.29, 0.717) is 18.5 Å². The van der Waals surface area contributed by atoms with E-state index in [1.807, 2.05) is 6.92 Å². The van der Waals surface area contributed by atoms with Gasteiger partial charge in [-0.3, -0.25) is 4.79 Å². The van der Waals surface area contributed by atoms with E-state index in [9.17, 15) is 9.90 Å². The number of nitrogens with zero attached hydrogens (tertiary/aromatic N) is 2. The Kier molecular flexibility index (Phi) is 4.47. The van der Waals surface area contributed by atoms with Gasteiger partial charge in [-0.1, -0.05) is 26.2 Å². The highest BCUT2D eigenvalue weighted by molar-refractivity contribution is 5.91. The first-order chi connectivity index (χ1) is 9.11. The lowest BCUT2D eigenvalue weighted by atomic mass is 9.82. The number of hydrogen-bond acceptors (Lipinski definition) is 4. The lowest BCUT2D eigenvalue weighted by Gasteiger charge is -2.31. The van der Waals surface area contributed by atoms with Gasteiger partial charge in [-0.15, -0.1) is 0 Å². The molecule has 0 spiro atoms. The van der Waals surface area contributed by atoms with Crippen molar-refractivity contribution < 1.29 is 9.90 Å². The Hall–Kier alpha value is -1.49. The molecule has 5 heteroatoms. The Bertz CT molecular complexity index is 425. The van der Waals surface area contributed by atoms with Crippen LogP contribution in [0.25, 0.3) is 0 Å². The highest BCUT2D eigenvalue weighted by Crippen LogP contribution is 2.30. The molecule has 104 valence electrons. The van der Waals surface area contributed by atoms with Crippen molar-refractivity contribution in [1.29, 1.82) is 0 Å². The van der Waals surface area contributed by atoms with Gasteiger partial charge in [0.05, 0.1) is 30.1 Å². The quantitative estimate of drug-likeness (QED) is 0.872. The maximum atomic E-state index is 11.9. The number of aliphatic hydroxyl groups is 1. The zero-order chi connectivity index (χ0) is 13.7. The number of amides is 1. The van der Waals surface area contributed by atoms with Crippen molar-refractivity contribution in [3.63, 3.8) is 0 Å². The van der Waals surface area contributed by atoms with Crippen molar-refractivity contribution in [2.75, 3.05) is 5.32 Å². The lowest BCUT2D eigenvalue weighted by Crippen LogP contribution is -2.35. The van der Waals surface area contributed by atoms with Gasteiger partial charge >= 0.3 is 0 Å². The minimum atomic E-state index is -0.827. The first-order valence-corrected chi connectivity index (χ1v) is 6.94. The van der Waals surface area contributed by atoms with E-state index in [2.05, 4.69) is 15.3 Å². The summed E-state index contributed by atoms with van der Waals surface area (Å²) >= 11 is 0. The van der Waals surface area contributed by atoms with Crippen LogP contribution >= 0.6 is 0 Å². The van der Waals surface area contributed by atoms with Crippen molar-refractivity contribution in [1.82, 2.24) is 9.97 Å². The fourth-order valence-electron chi connectivity index (χ4n) is 2.49. The molecule has 1 amide bonds. The molecule has 19 heavy (non-hydrogen) atoms. The summed E-state index contributed by atoms with van der Waals surface area (Å²) in [5.41, 5.74) is -0.242. The van der Waals surface area contributed by atoms with Crippen LogP contribution in [0.3, 0.4) is 0 Å². The smallest absolute Gasteiger partial charge is 0.227 e. The third kappa shape index (κ3) is 3.99. The fourth-order valence-corrected chi connectivity index (χ4v) is 2.49. The fraction of sp³-hybridized carbons (Fsp3) is 0.643. The third-order valence-corrected chi connectivity index (χ3v) is 3.58. The number of rotatable bonds is 4. The predicted molar refractivity (Wildman–Crippen MR) is 72.7 cm³/mol. The van der Waals surface area contributed by atoms with Crippen LogP contribution in [0, 0.1) is 0 Å². The van der Waals surface area contributed by atoms with Crippen LogP contribution in [0.5, 0.6) is 0 Å². The topological polar surface area (TPSA) is 75.1 Å². The normalized spacial score (nSPS) is 18.0. The molecule has 0 saturated heterocycles. The standard InChI is InChI=1S/C14H21N3O2/c1-2-12-15-9-11(10-16-12)17-13(18)8-14(19)6-4-3-5-7-14/h9-10,19H,2-8H2,1H3,(H,17,18). The third-order valence-electron chi connectivity index (χ3n) is 3.58. The van der Waals surface area contributed by atoms with E-state index in [0.717, 1.165) is 31.5 Å². The molecular formula is C14H21N3O2. The summed E-state index contributed by atoms with van der Waals surface area (Å²) in [5.74, 6) is 0.584. The van der Waals surface area contributed by atoms with Crippen LogP contribution in [-0.2, 0) is 11.2 Å². The van der Waals surface area contributed by atoms with Gasteiger partial charge in [0.15, 0.2) is 0 Å². The summed E-state index contributed by atoms with van der Waals surface area (Å²) in [7, 11) is 0. The molecule has 1 aromatic rings. The molecule has 2 N–H and O–H groups in total. The van der Waals surface area contributed by atoms with Crippen LogP contribution < -0.4 is 5.32 Å². The average Bonchev–Trinajstić information content (AvgIpc) is 2.39. The molecule has 0 bridgehead atoms. The Morgan fingerprint density at radius 1 is 1.32 bits per heavy atom. The second-order valence-electron chi connectivity index (χ2n) is 5.25. The molecule has 0 atom stereocenters. The summed E-state index contributed by atoms with van der Waals surface area (Å²) in [5, 5.41) is 13.1. The van der Waals surface area contributed by atoms with E-state index < -0.39 is 5.60 Å². The monoisotopic (exact) mass is 263 g/mol. The van der Waals surface area contributed by atoms with Crippen molar-refractivity contribution >= 4 is 11.6 Å². The van der Waals surface area contributed by atoms with E-state index in [4.69, 9.17) is 0 Å². The summed E-state index contributed by atoms with van der Waals surface area (Å²) in [6.45, 7) is 1.98. The van der Waals surface area contributed by atoms with Gasteiger partial charge in [0.2, 0.25) is 5.91 Å². The number of aromatic nitrogens is 2. The number of anilines is 1. The van der Waals surface area contributed by atoms with Gasteiger partial charge in [0.25, 0.3) is 0 Å². The summed E-state index contributed by atoms with van der Waals surface area (Å²) in [6, 6.07) is 0. The zero-order valence-corrected chi connectivity index (χ0v) is 11.4. The van der Waals surface area contributed by atoms with E-state index in [1.165, 1.54) is 0 Å². The van der Waals surface area contributed by atoms with Crippen molar-refractivity contribution in [3.8, 4) is 0 Å². The molecule has 1 aromatic heterocycles. The minimum Gasteiger partial charge on any atom is -0.389 e. The zero-order valence-electron chi connectivity index (χ0n) is 11.4. The van der Waals surface area contributed by atoms with Gasteiger partial charge in [-0.2, -0.15) is 0 Å². The second-order valence-corrected chi connectivity index (χ2v) is 5.25. The maximum Gasteiger partial charge on any atom is 0.227 e. The maximum absolute atomic E-state index is 11.9. The summed E-state index contributed by atoms with van der Waals surface area (Å²) in [4.78, 5) is 20.2. The lowest BCUT2D eigenvalue weighted by molar-refractivity contribution is -0.122. The van der Waals surface area contributed by atoms with Gasteiger partial charge in [0, 0.05) is 6.42 Å². The van der Waals surface area contributed by atoms with Crippen LogP contribution in [0.4, 0.5) is 5.69 Å². The number of aryl methyl sites for hydroxylation is 1. The molecule has 1 saturated carbocycles. The molecular weight excluding hydrogens is 242 g/mol. The first-order valence-electron chi connectivity index (χ1n) is 6.94. The molecule has 1 aliphatic rings. The molecule has 5 nitrogen and oxygen atoms in total. The van der Waals surface area contributed by atoms with Crippen molar-refractivity contribution in [3.05, 3.63) is 18.2 Å². The Morgan fingerprint density at radius 3 is 2.53 bits per heavy atom. The summed E-state index contributed by atoms with van der Waals surface area (Å²) < 4.78 is 0. The molecule has 1 aliphatic carbocycles. The Morgan fingerprint density at radius 2 is 1.95 bits per heavy atom. The molecule has 0 radical (unpaired) electrons. The highest BCUT2D eigenvalue weighted by atomic mass is 16.3. The van der Waals surface area contributed by atoms with Crippen LogP contribution in [0.15, 0.2) is 12.4 Å². The number of nitrogens with one attached hydrogen (secondary N) is 1. The van der Waals surface area contributed by atoms with E-state index in [1.54, 1.807) is 12.4 Å². The minimum absolute atomic E-state index is 0.155. The van der Waals surface area contributed by atoms with Crippen LogP contribution in [-0.4, -0.2) is 26.6 Å². The molecule has 0 aliphatic heterocycles. The second kappa shape index (κ2) is 6.10.